The second-order valence-corrected chi connectivity index (χ2v) is 5.91. The Balaban J connectivity index is 1.77. The molecule has 1 unspecified atom stereocenters. The minimum atomic E-state index is 0.589. The molecular weight excluding hydrogens is 256 g/mol. The number of nitrogens with zero attached hydrogens (tertiary/aromatic N) is 3. The summed E-state index contributed by atoms with van der Waals surface area (Å²) in [6.07, 6.45) is 4.52. The molecule has 3 rings (SSSR count). The molecule has 1 aliphatic rings. The summed E-state index contributed by atoms with van der Waals surface area (Å²) in [4.78, 5) is 10.2. The Morgan fingerprint density at radius 1 is 1.37 bits per heavy atom. The third-order valence-electron chi connectivity index (χ3n) is 3.79. The van der Waals surface area contributed by atoms with Crippen LogP contribution in [0.25, 0.3) is 11.2 Å². The lowest BCUT2D eigenvalue weighted by Crippen LogP contribution is -2.27. The van der Waals surface area contributed by atoms with Crippen LogP contribution in [-0.4, -0.2) is 39.1 Å². The zero-order valence-corrected chi connectivity index (χ0v) is 12.1. The number of likely N-dealkylation sites (tertiary alicyclic amines) is 1. The van der Waals surface area contributed by atoms with E-state index < -0.39 is 0 Å². The first-order valence-electron chi connectivity index (χ1n) is 7.00. The van der Waals surface area contributed by atoms with Crippen LogP contribution in [0.5, 0.6) is 0 Å². The van der Waals surface area contributed by atoms with E-state index in [4.69, 9.17) is 12.2 Å². The fourth-order valence-electron chi connectivity index (χ4n) is 2.93. The molecule has 0 aliphatic carbocycles. The molecule has 0 spiro atoms. The summed E-state index contributed by atoms with van der Waals surface area (Å²) in [5.74, 6) is 0.589. The highest BCUT2D eigenvalue weighted by Gasteiger charge is 2.16. The van der Waals surface area contributed by atoms with E-state index in [1.807, 2.05) is 18.3 Å². The summed E-state index contributed by atoms with van der Waals surface area (Å²) in [5, 5.41) is 0. The van der Waals surface area contributed by atoms with Crippen LogP contribution in [-0.2, 0) is 6.54 Å². The summed E-state index contributed by atoms with van der Waals surface area (Å²) >= 11 is 5.41. The molecule has 102 valence electrons. The number of aromatic nitrogens is 3. The molecule has 4 nitrogen and oxygen atoms in total. The number of H-pyrrole nitrogens is 1. The molecule has 0 bridgehead atoms. The highest BCUT2D eigenvalue weighted by molar-refractivity contribution is 7.71. The topological polar surface area (TPSA) is 36.9 Å². The molecule has 2 aromatic heterocycles. The minimum Gasteiger partial charge on any atom is -0.329 e. The Hall–Kier alpha value is -1.20. The van der Waals surface area contributed by atoms with Crippen molar-refractivity contribution in [2.45, 2.75) is 26.3 Å². The quantitative estimate of drug-likeness (QED) is 0.872. The molecule has 1 atom stereocenters. The molecule has 2 aromatic rings. The minimum absolute atomic E-state index is 0.589. The first-order chi connectivity index (χ1) is 9.24. The van der Waals surface area contributed by atoms with E-state index in [2.05, 4.69) is 26.4 Å². The average Bonchev–Trinajstić information content (AvgIpc) is 2.99. The van der Waals surface area contributed by atoms with Crippen LogP contribution in [0.1, 0.15) is 19.8 Å². The SMILES string of the molecule is CC(CN1CCCC1)Cn1c(=S)[nH]c2cccnc21. The van der Waals surface area contributed by atoms with Gasteiger partial charge in [0, 0.05) is 19.3 Å². The Labute approximate surface area is 118 Å². The van der Waals surface area contributed by atoms with Crippen molar-refractivity contribution < 1.29 is 0 Å². The first kappa shape index (κ1) is 12.8. The number of nitrogens with one attached hydrogen (secondary N) is 1. The lowest BCUT2D eigenvalue weighted by atomic mass is 10.1. The molecule has 0 saturated carbocycles. The van der Waals surface area contributed by atoms with Crippen LogP contribution in [0.15, 0.2) is 18.3 Å². The fraction of sp³-hybridized carbons (Fsp3) is 0.571. The van der Waals surface area contributed by atoms with E-state index in [1.54, 1.807) is 0 Å². The third kappa shape index (κ3) is 2.72. The van der Waals surface area contributed by atoms with Crippen molar-refractivity contribution in [3.05, 3.63) is 23.1 Å². The maximum absolute atomic E-state index is 5.41. The van der Waals surface area contributed by atoms with E-state index in [0.717, 1.165) is 29.0 Å². The fourth-order valence-corrected chi connectivity index (χ4v) is 3.20. The Morgan fingerprint density at radius 3 is 2.95 bits per heavy atom. The summed E-state index contributed by atoms with van der Waals surface area (Å²) in [7, 11) is 0. The molecule has 0 aromatic carbocycles. The molecule has 0 radical (unpaired) electrons. The van der Waals surface area contributed by atoms with Crippen LogP contribution in [0.2, 0.25) is 0 Å². The van der Waals surface area contributed by atoms with Gasteiger partial charge in [0.1, 0.15) is 0 Å². The standard InChI is InChI=1S/C14H20N4S/c1-11(9-17-7-2-3-8-17)10-18-13-12(16-14(18)19)5-4-6-15-13/h4-6,11H,2-3,7-10H2,1H3,(H,16,19). The van der Waals surface area contributed by atoms with Gasteiger partial charge in [-0.05, 0) is 56.2 Å². The van der Waals surface area contributed by atoms with Gasteiger partial charge in [0.2, 0.25) is 0 Å². The predicted molar refractivity (Wildman–Crippen MR) is 79.8 cm³/mol. The Bertz CT molecular complexity index is 609. The van der Waals surface area contributed by atoms with Crippen molar-refractivity contribution in [1.29, 1.82) is 0 Å². The normalized spacial score (nSPS) is 18.2. The molecule has 3 heterocycles. The maximum Gasteiger partial charge on any atom is 0.179 e. The number of hydrogen-bond donors (Lipinski definition) is 1. The van der Waals surface area contributed by atoms with Crippen molar-refractivity contribution in [3.63, 3.8) is 0 Å². The van der Waals surface area contributed by atoms with Gasteiger partial charge in [-0.2, -0.15) is 0 Å². The zero-order valence-electron chi connectivity index (χ0n) is 11.3. The highest BCUT2D eigenvalue weighted by Crippen LogP contribution is 2.15. The average molecular weight is 276 g/mol. The summed E-state index contributed by atoms with van der Waals surface area (Å²) < 4.78 is 2.91. The van der Waals surface area contributed by atoms with Crippen molar-refractivity contribution in [2.24, 2.45) is 5.92 Å². The van der Waals surface area contributed by atoms with E-state index >= 15 is 0 Å². The van der Waals surface area contributed by atoms with Crippen LogP contribution in [0.4, 0.5) is 0 Å². The first-order valence-corrected chi connectivity index (χ1v) is 7.41. The molecule has 1 aliphatic heterocycles. The van der Waals surface area contributed by atoms with Gasteiger partial charge in [0.05, 0.1) is 5.52 Å². The monoisotopic (exact) mass is 276 g/mol. The third-order valence-corrected chi connectivity index (χ3v) is 4.11. The van der Waals surface area contributed by atoms with E-state index in [0.29, 0.717) is 5.92 Å². The van der Waals surface area contributed by atoms with Crippen LogP contribution >= 0.6 is 12.2 Å². The highest BCUT2D eigenvalue weighted by atomic mass is 32.1. The van der Waals surface area contributed by atoms with E-state index in [-0.39, 0.29) is 0 Å². The largest absolute Gasteiger partial charge is 0.329 e. The lowest BCUT2D eigenvalue weighted by Gasteiger charge is -2.20. The van der Waals surface area contributed by atoms with Gasteiger partial charge in [0.15, 0.2) is 10.4 Å². The van der Waals surface area contributed by atoms with E-state index in [9.17, 15) is 0 Å². The summed E-state index contributed by atoms with van der Waals surface area (Å²) in [6, 6.07) is 3.96. The van der Waals surface area contributed by atoms with Gasteiger partial charge in [-0.15, -0.1) is 0 Å². The number of fused-ring (bicyclic) bond motifs is 1. The van der Waals surface area contributed by atoms with Gasteiger partial charge in [0.25, 0.3) is 0 Å². The van der Waals surface area contributed by atoms with Gasteiger partial charge in [-0.25, -0.2) is 4.98 Å². The van der Waals surface area contributed by atoms with Crippen LogP contribution < -0.4 is 0 Å². The number of hydrogen-bond acceptors (Lipinski definition) is 3. The summed E-state index contributed by atoms with van der Waals surface area (Å²) in [5.41, 5.74) is 2.00. The summed E-state index contributed by atoms with van der Waals surface area (Å²) in [6.45, 7) is 6.89. The number of imidazole rings is 1. The van der Waals surface area contributed by atoms with Crippen molar-refractivity contribution in [2.75, 3.05) is 19.6 Å². The zero-order chi connectivity index (χ0) is 13.2. The van der Waals surface area contributed by atoms with Crippen molar-refractivity contribution in [3.8, 4) is 0 Å². The van der Waals surface area contributed by atoms with Crippen LogP contribution in [0.3, 0.4) is 0 Å². The molecule has 19 heavy (non-hydrogen) atoms. The van der Waals surface area contributed by atoms with Gasteiger partial charge < -0.3 is 14.5 Å². The Morgan fingerprint density at radius 2 is 2.16 bits per heavy atom. The molecule has 5 heteroatoms. The molecule has 0 amide bonds. The van der Waals surface area contributed by atoms with Gasteiger partial charge >= 0.3 is 0 Å². The number of rotatable bonds is 4. The predicted octanol–water partition coefficient (Wildman–Crippen LogP) is 2.83. The van der Waals surface area contributed by atoms with Gasteiger partial charge in [-0.3, -0.25) is 0 Å². The molecule has 1 fully saturated rings. The second kappa shape index (κ2) is 5.43. The van der Waals surface area contributed by atoms with Crippen molar-refractivity contribution >= 4 is 23.4 Å². The molecule has 1 saturated heterocycles. The smallest absolute Gasteiger partial charge is 0.179 e. The second-order valence-electron chi connectivity index (χ2n) is 5.53. The molecule has 1 N–H and O–H groups in total. The number of aromatic amines is 1. The van der Waals surface area contributed by atoms with E-state index in [1.165, 1.54) is 25.9 Å². The molecular formula is C14H20N4S. The lowest BCUT2D eigenvalue weighted by molar-refractivity contribution is 0.272. The van der Waals surface area contributed by atoms with Gasteiger partial charge in [-0.1, -0.05) is 6.92 Å². The van der Waals surface area contributed by atoms with Crippen LogP contribution in [0, 0.1) is 10.7 Å². The van der Waals surface area contributed by atoms with Crippen molar-refractivity contribution in [1.82, 2.24) is 19.4 Å². The number of pyridine rings is 1. The maximum atomic E-state index is 5.41. The Kier molecular flexibility index (Phi) is 3.66.